The van der Waals surface area contributed by atoms with Crippen molar-refractivity contribution in [1.29, 1.82) is 5.26 Å². The van der Waals surface area contributed by atoms with Crippen LogP contribution in [0.25, 0.3) is 0 Å². The summed E-state index contributed by atoms with van der Waals surface area (Å²) in [5.74, 6) is -0.696. The van der Waals surface area contributed by atoms with Crippen molar-refractivity contribution in [3.8, 4) is 6.07 Å². The summed E-state index contributed by atoms with van der Waals surface area (Å²) in [7, 11) is 0. The van der Waals surface area contributed by atoms with Gasteiger partial charge in [0.15, 0.2) is 0 Å². The second kappa shape index (κ2) is 8.47. The second-order valence-electron chi connectivity index (χ2n) is 8.49. The number of anilines is 2. The van der Waals surface area contributed by atoms with E-state index in [9.17, 15) is 19.2 Å². The Morgan fingerprint density at radius 2 is 2.00 bits per heavy atom. The fraction of sp³-hybridized carbons (Fsp3) is 0.192. The van der Waals surface area contributed by atoms with Crippen molar-refractivity contribution in [2.75, 3.05) is 17.2 Å². The van der Waals surface area contributed by atoms with Crippen LogP contribution in [0.4, 0.5) is 20.6 Å². The predicted molar refractivity (Wildman–Crippen MR) is 127 cm³/mol. The molecule has 2 aliphatic rings. The van der Waals surface area contributed by atoms with Crippen molar-refractivity contribution in [3.63, 3.8) is 0 Å². The van der Waals surface area contributed by atoms with E-state index in [1.165, 1.54) is 12.1 Å². The van der Waals surface area contributed by atoms with Gasteiger partial charge in [-0.3, -0.25) is 4.79 Å². The normalized spacial score (nSPS) is 21.0. The average Bonchev–Trinajstić information content (AvgIpc) is 3.09. The number of urea groups is 1. The zero-order valence-electron chi connectivity index (χ0n) is 18.0. The highest BCUT2D eigenvalue weighted by molar-refractivity contribution is 6.31. The van der Waals surface area contributed by atoms with Gasteiger partial charge in [0.25, 0.3) is 0 Å². The van der Waals surface area contributed by atoms with Crippen molar-refractivity contribution in [1.82, 2.24) is 4.90 Å². The Morgan fingerprint density at radius 3 is 2.79 bits per heavy atom. The molecule has 0 aliphatic carbocycles. The van der Waals surface area contributed by atoms with E-state index in [0.29, 0.717) is 46.9 Å². The number of nitrogens with one attached hydrogen (secondary N) is 2. The third-order valence-electron chi connectivity index (χ3n) is 6.53. The van der Waals surface area contributed by atoms with Crippen LogP contribution in [0.3, 0.4) is 0 Å². The number of nitriles is 1. The second-order valence-corrected chi connectivity index (χ2v) is 8.93. The molecule has 8 heteroatoms. The van der Waals surface area contributed by atoms with E-state index in [1.807, 2.05) is 0 Å². The lowest BCUT2D eigenvalue weighted by molar-refractivity contribution is -0.124. The summed E-state index contributed by atoms with van der Waals surface area (Å²) in [6, 6.07) is 18.7. The number of piperidine rings is 1. The predicted octanol–water partition coefficient (Wildman–Crippen LogP) is 5.61. The summed E-state index contributed by atoms with van der Waals surface area (Å²) in [4.78, 5) is 28.7. The molecule has 3 aromatic carbocycles. The quantitative estimate of drug-likeness (QED) is 0.506. The summed E-state index contributed by atoms with van der Waals surface area (Å²) in [5.41, 5.74) is 1.64. The van der Waals surface area contributed by atoms with Crippen molar-refractivity contribution < 1.29 is 14.0 Å². The van der Waals surface area contributed by atoms with Gasteiger partial charge in [0.2, 0.25) is 5.91 Å². The summed E-state index contributed by atoms with van der Waals surface area (Å²) in [6.45, 7) is 0.378. The van der Waals surface area contributed by atoms with Gasteiger partial charge in [-0.2, -0.15) is 5.26 Å². The Kier molecular flexibility index (Phi) is 5.46. The van der Waals surface area contributed by atoms with E-state index >= 15 is 0 Å². The molecule has 2 aliphatic heterocycles. The van der Waals surface area contributed by atoms with E-state index in [4.69, 9.17) is 11.6 Å². The van der Waals surface area contributed by atoms with Crippen molar-refractivity contribution in [2.45, 2.75) is 24.3 Å². The number of halogens is 2. The van der Waals surface area contributed by atoms with Gasteiger partial charge in [0.05, 0.1) is 17.7 Å². The Bertz CT molecular complexity index is 1350. The van der Waals surface area contributed by atoms with Gasteiger partial charge in [0, 0.05) is 22.9 Å². The number of nitrogens with zero attached hydrogens (tertiary/aromatic N) is 2. The maximum Gasteiger partial charge on any atom is 0.322 e. The topological polar surface area (TPSA) is 85.2 Å². The van der Waals surface area contributed by atoms with Gasteiger partial charge < -0.3 is 15.5 Å². The van der Waals surface area contributed by atoms with Gasteiger partial charge in [0.1, 0.15) is 11.2 Å². The lowest BCUT2D eigenvalue weighted by atomic mass is 9.67. The molecule has 0 aromatic heterocycles. The Balaban J connectivity index is 1.62. The van der Waals surface area contributed by atoms with Crippen LogP contribution in [0.5, 0.6) is 0 Å². The highest BCUT2D eigenvalue weighted by Crippen LogP contribution is 2.54. The molecule has 0 bridgehead atoms. The number of benzene rings is 3. The number of likely N-dealkylation sites (tertiary alicyclic amines) is 1. The molecule has 1 spiro atoms. The smallest absolute Gasteiger partial charge is 0.322 e. The van der Waals surface area contributed by atoms with E-state index in [2.05, 4.69) is 16.7 Å². The minimum atomic E-state index is -1.10. The lowest BCUT2D eigenvalue weighted by Crippen LogP contribution is -2.55. The Labute approximate surface area is 200 Å². The van der Waals surface area contributed by atoms with Crippen LogP contribution in [0.1, 0.15) is 35.6 Å². The largest absolute Gasteiger partial charge is 0.325 e. The molecule has 6 nitrogen and oxygen atoms in total. The number of hydrogen-bond donors (Lipinski definition) is 2. The molecule has 0 saturated carbocycles. The minimum Gasteiger partial charge on any atom is -0.325 e. The van der Waals surface area contributed by atoms with Crippen molar-refractivity contribution in [3.05, 3.63) is 94.3 Å². The van der Waals surface area contributed by atoms with Crippen molar-refractivity contribution >= 4 is 34.9 Å². The number of carbonyl (C=O) groups excluding carboxylic acids is 2. The molecule has 2 N–H and O–H groups in total. The van der Waals surface area contributed by atoms with E-state index < -0.39 is 23.3 Å². The Hall–Kier alpha value is -3.89. The van der Waals surface area contributed by atoms with Gasteiger partial charge >= 0.3 is 6.03 Å². The molecule has 1 fully saturated rings. The average molecular weight is 475 g/mol. The molecular weight excluding hydrogens is 455 g/mol. The van der Waals surface area contributed by atoms with Gasteiger partial charge in [-0.1, -0.05) is 35.9 Å². The van der Waals surface area contributed by atoms with Crippen LogP contribution in [0.2, 0.25) is 5.02 Å². The third-order valence-corrected chi connectivity index (χ3v) is 6.77. The number of amides is 3. The van der Waals surface area contributed by atoms with Gasteiger partial charge in [-0.15, -0.1) is 0 Å². The first-order valence-electron chi connectivity index (χ1n) is 10.9. The summed E-state index contributed by atoms with van der Waals surface area (Å²) < 4.78 is 14.3. The van der Waals surface area contributed by atoms with Crippen LogP contribution in [-0.2, 0) is 10.2 Å². The molecule has 5 rings (SSSR count). The first-order valence-corrected chi connectivity index (χ1v) is 11.2. The molecule has 1 saturated heterocycles. The van der Waals surface area contributed by atoms with E-state index in [0.717, 1.165) is 5.56 Å². The van der Waals surface area contributed by atoms with Crippen molar-refractivity contribution in [2.24, 2.45) is 0 Å². The maximum atomic E-state index is 14.3. The highest BCUT2D eigenvalue weighted by atomic mass is 35.5. The Morgan fingerprint density at radius 1 is 1.18 bits per heavy atom. The molecule has 34 heavy (non-hydrogen) atoms. The molecule has 0 radical (unpaired) electrons. The fourth-order valence-corrected chi connectivity index (χ4v) is 5.34. The van der Waals surface area contributed by atoms with Gasteiger partial charge in [-0.25, -0.2) is 9.18 Å². The van der Waals surface area contributed by atoms with E-state index in [1.54, 1.807) is 59.5 Å². The van der Waals surface area contributed by atoms with E-state index in [-0.39, 0.29) is 5.91 Å². The number of fused-ring (bicyclic) bond motifs is 2. The fourth-order valence-electron chi connectivity index (χ4n) is 5.17. The third kappa shape index (κ3) is 3.57. The minimum absolute atomic E-state index is 0.247. The molecular formula is C26H20ClFN4O2. The summed E-state index contributed by atoms with van der Waals surface area (Å²) in [6.07, 6.45) is 1.06. The summed E-state index contributed by atoms with van der Waals surface area (Å²) in [5, 5.41) is 15.4. The molecule has 3 amide bonds. The van der Waals surface area contributed by atoms with Gasteiger partial charge in [-0.05, 0) is 66.4 Å². The first-order chi connectivity index (χ1) is 16.4. The first kappa shape index (κ1) is 21.9. The maximum absolute atomic E-state index is 14.3. The number of carbonyl (C=O) groups is 2. The van der Waals surface area contributed by atoms with Crippen LogP contribution in [0.15, 0.2) is 66.7 Å². The monoisotopic (exact) mass is 474 g/mol. The van der Waals surface area contributed by atoms with Crippen LogP contribution < -0.4 is 10.6 Å². The molecule has 0 unspecified atom stereocenters. The summed E-state index contributed by atoms with van der Waals surface area (Å²) >= 11 is 6.17. The zero-order chi connectivity index (χ0) is 23.9. The standard InChI is InChI=1S/C26H20ClFN4O2/c27-18-8-9-21-22(14-18)31-24(33)26(21)10-3-11-32(23(26)17-5-2-6-19(28)13-17)25(34)30-20-7-1-4-16(12-20)15-29/h1-2,4-9,12-14,23H,3,10-11H2,(H,30,34)(H,31,33)/t23-,26-/m1/s1. The molecule has 2 atom stereocenters. The number of rotatable bonds is 2. The molecule has 170 valence electrons. The molecule has 2 heterocycles. The van der Waals surface area contributed by atoms with Crippen LogP contribution in [-0.4, -0.2) is 23.4 Å². The molecule has 3 aromatic rings. The SMILES string of the molecule is N#Cc1cccc(NC(=O)N2CCC[C@]3(C(=O)Nc4cc(Cl)ccc43)[C@H]2c2cccc(F)c2)c1. The lowest BCUT2D eigenvalue weighted by Gasteiger charge is -2.47. The van der Waals surface area contributed by atoms with Crippen LogP contribution in [0, 0.1) is 17.1 Å². The van der Waals surface area contributed by atoms with Crippen LogP contribution >= 0.6 is 11.6 Å². The zero-order valence-corrected chi connectivity index (χ0v) is 18.8. The highest BCUT2D eigenvalue weighted by Gasteiger charge is 2.57. The number of hydrogen-bond acceptors (Lipinski definition) is 3.